The van der Waals surface area contributed by atoms with E-state index in [9.17, 15) is 9.59 Å². The van der Waals surface area contributed by atoms with E-state index < -0.39 is 0 Å². The Morgan fingerprint density at radius 3 is 2.29 bits per heavy atom. The maximum Gasteiger partial charge on any atom is 0.259 e. The molecule has 2 amide bonds. The Bertz CT molecular complexity index is 504. The third-order valence-electron chi connectivity index (χ3n) is 3.46. The zero-order valence-electron chi connectivity index (χ0n) is 13.8. The fourth-order valence-electron chi connectivity index (χ4n) is 2.18. The van der Waals surface area contributed by atoms with Gasteiger partial charge in [-0.15, -0.1) is 0 Å². The van der Waals surface area contributed by atoms with Crippen LogP contribution in [0.1, 0.15) is 55.4 Å². The van der Waals surface area contributed by atoms with Crippen LogP contribution in [0.15, 0.2) is 4.52 Å². The highest BCUT2D eigenvalue weighted by Crippen LogP contribution is 2.23. The second-order valence-corrected chi connectivity index (χ2v) is 5.39. The van der Waals surface area contributed by atoms with Gasteiger partial charge in [-0.3, -0.25) is 9.59 Å². The first-order chi connectivity index (χ1) is 9.83. The minimum absolute atomic E-state index is 0.0582. The summed E-state index contributed by atoms with van der Waals surface area (Å²) in [6.07, 6.45) is 0. The second-order valence-electron chi connectivity index (χ2n) is 5.39. The predicted molar refractivity (Wildman–Crippen MR) is 80.2 cm³/mol. The average Bonchev–Trinajstić information content (AvgIpc) is 2.81. The van der Waals surface area contributed by atoms with E-state index in [-0.39, 0.29) is 24.3 Å². The Balaban J connectivity index is 2.89. The molecular formula is C15H25N3O3. The van der Waals surface area contributed by atoms with Crippen molar-refractivity contribution >= 4 is 11.8 Å². The number of aromatic nitrogens is 1. The molecule has 6 nitrogen and oxygen atoms in total. The average molecular weight is 295 g/mol. The highest BCUT2D eigenvalue weighted by Gasteiger charge is 2.26. The summed E-state index contributed by atoms with van der Waals surface area (Å²) in [5.74, 6) is 0.352. The number of carbonyl (C=O) groups excluding carboxylic acids is 2. The molecule has 0 aromatic carbocycles. The molecule has 0 bridgehead atoms. The van der Waals surface area contributed by atoms with Crippen LogP contribution in [0.2, 0.25) is 0 Å². The summed E-state index contributed by atoms with van der Waals surface area (Å²) in [7, 11) is 1.63. The quantitative estimate of drug-likeness (QED) is 0.805. The van der Waals surface area contributed by atoms with Crippen LogP contribution in [-0.2, 0) is 4.79 Å². The van der Waals surface area contributed by atoms with Crippen LogP contribution >= 0.6 is 0 Å². The summed E-state index contributed by atoms with van der Waals surface area (Å²) in [6, 6.07) is 0. The second kappa shape index (κ2) is 7.24. The SMILES string of the molecule is CCN(CC)C(=O)CN(C)C(=O)c1c(C)noc1C(C)C. The van der Waals surface area contributed by atoms with Crippen molar-refractivity contribution in [2.75, 3.05) is 26.7 Å². The molecule has 0 aliphatic rings. The highest BCUT2D eigenvalue weighted by molar-refractivity contribution is 5.98. The van der Waals surface area contributed by atoms with Crippen LogP contribution in [0, 0.1) is 6.92 Å². The molecule has 0 radical (unpaired) electrons. The normalized spacial score (nSPS) is 10.8. The van der Waals surface area contributed by atoms with Crippen molar-refractivity contribution in [2.24, 2.45) is 0 Å². The molecule has 0 saturated heterocycles. The molecule has 21 heavy (non-hydrogen) atoms. The molecule has 1 rings (SSSR count). The number of likely N-dealkylation sites (N-methyl/N-ethyl adjacent to an activating group) is 2. The lowest BCUT2D eigenvalue weighted by atomic mass is 10.0. The highest BCUT2D eigenvalue weighted by atomic mass is 16.5. The lowest BCUT2D eigenvalue weighted by molar-refractivity contribution is -0.131. The summed E-state index contributed by atoms with van der Waals surface area (Å²) in [5, 5.41) is 3.87. The van der Waals surface area contributed by atoms with Gasteiger partial charge in [0.2, 0.25) is 5.91 Å². The van der Waals surface area contributed by atoms with Crippen molar-refractivity contribution < 1.29 is 14.1 Å². The molecule has 118 valence electrons. The number of amides is 2. The first-order valence-corrected chi connectivity index (χ1v) is 7.32. The molecule has 1 aromatic rings. The molecular weight excluding hydrogens is 270 g/mol. The van der Waals surface area contributed by atoms with Crippen LogP contribution in [0.4, 0.5) is 0 Å². The lowest BCUT2D eigenvalue weighted by Gasteiger charge is -2.23. The summed E-state index contributed by atoms with van der Waals surface area (Å²) < 4.78 is 5.23. The fourth-order valence-corrected chi connectivity index (χ4v) is 2.18. The molecule has 0 N–H and O–H groups in total. The smallest absolute Gasteiger partial charge is 0.259 e. The van der Waals surface area contributed by atoms with Gasteiger partial charge in [0.15, 0.2) is 5.76 Å². The van der Waals surface area contributed by atoms with E-state index in [2.05, 4.69) is 5.16 Å². The van der Waals surface area contributed by atoms with Gasteiger partial charge in [0.25, 0.3) is 5.91 Å². The maximum absolute atomic E-state index is 12.5. The molecule has 0 unspecified atom stereocenters. The van der Waals surface area contributed by atoms with E-state index >= 15 is 0 Å². The molecule has 0 spiro atoms. The molecule has 0 atom stereocenters. The standard InChI is InChI=1S/C15H25N3O3/c1-7-18(8-2)12(19)9-17(6)15(20)13-11(5)16-21-14(13)10(3)4/h10H,7-9H2,1-6H3. The van der Waals surface area contributed by atoms with Crippen LogP contribution in [0.3, 0.4) is 0 Å². The molecule has 0 aliphatic carbocycles. The molecule has 0 aliphatic heterocycles. The molecule has 0 fully saturated rings. The van der Waals surface area contributed by atoms with E-state index in [0.29, 0.717) is 30.1 Å². The van der Waals surface area contributed by atoms with E-state index in [0.717, 1.165) is 0 Å². The Morgan fingerprint density at radius 1 is 1.24 bits per heavy atom. The largest absolute Gasteiger partial charge is 0.360 e. The number of carbonyl (C=O) groups is 2. The Hall–Kier alpha value is -1.85. The molecule has 1 heterocycles. The van der Waals surface area contributed by atoms with Crippen molar-refractivity contribution in [3.8, 4) is 0 Å². The zero-order valence-corrected chi connectivity index (χ0v) is 13.8. The van der Waals surface area contributed by atoms with Gasteiger partial charge in [-0.05, 0) is 20.8 Å². The maximum atomic E-state index is 12.5. The summed E-state index contributed by atoms with van der Waals surface area (Å²) in [6.45, 7) is 10.8. The number of rotatable bonds is 6. The predicted octanol–water partition coefficient (Wildman–Crippen LogP) is 2.05. The van der Waals surface area contributed by atoms with Gasteiger partial charge in [-0.1, -0.05) is 19.0 Å². The van der Waals surface area contributed by atoms with Gasteiger partial charge in [0, 0.05) is 26.1 Å². The van der Waals surface area contributed by atoms with Gasteiger partial charge in [-0.25, -0.2) is 0 Å². The first kappa shape index (κ1) is 17.2. The minimum Gasteiger partial charge on any atom is -0.360 e. The zero-order chi connectivity index (χ0) is 16.2. The van der Waals surface area contributed by atoms with E-state index in [1.165, 1.54) is 4.90 Å². The fraction of sp³-hybridized carbons (Fsp3) is 0.667. The van der Waals surface area contributed by atoms with Crippen LogP contribution < -0.4 is 0 Å². The summed E-state index contributed by atoms with van der Waals surface area (Å²) in [4.78, 5) is 27.8. The first-order valence-electron chi connectivity index (χ1n) is 7.32. The Kier molecular flexibility index (Phi) is 5.93. The van der Waals surface area contributed by atoms with Gasteiger partial charge in [0.1, 0.15) is 5.56 Å². The Labute approximate surface area is 126 Å². The summed E-state index contributed by atoms with van der Waals surface area (Å²) in [5.41, 5.74) is 1.03. The number of hydrogen-bond acceptors (Lipinski definition) is 4. The minimum atomic E-state index is -0.224. The molecule has 1 aromatic heterocycles. The summed E-state index contributed by atoms with van der Waals surface area (Å²) >= 11 is 0. The van der Waals surface area contributed by atoms with Gasteiger partial charge in [0.05, 0.1) is 12.2 Å². The van der Waals surface area contributed by atoms with Crippen molar-refractivity contribution in [3.05, 3.63) is 17.0 Å². The van der Waals surface area contributed by atoms with Gasteiger partial charge >= 0.3 is 0 Å². The number of aryl methyl sites for hydroxylation is 1. The number of nitrogens with zero attached hydrogens (tertiary/aromatic N) is 3. The van der Waals surface area contributed by atoms with Gasteiger partial charge in [-0.2, -0.15) is 0 Å². The van der Waals surface area contributed by atoms with E-state index in [1.54, 1.807) is 18.9 Å². The van der Waals surface area contributed by atoms with Crippen LogP contribution in [-0.4, -0.2) is 53.5 Å². The Morgan fingerprint density at radius 2 is 1.81 bits per heavy atom. The topological polar surface area (TPSA) is 66.7 Å². The van der Waals surface area contributed by atoms with Crippen LogP contribution in [0.5, 0.6) is 0 Å². The number of hydrogen-bond donors (Lipinski definition) is 0. The van der Waals surface area contributed by atoms with Gasteiger partial charge < -0.3 is 14.3 Å². The molecule has 6 heteroatoms. The van der Waals surface area contributed by atoms with Crippen molar-refractivity contribution in [1.82, 2.24) is 15.0 Å². The third kappa shape index (κ3) is 3.83. The van der Waals surface area contributed by atoms with E-state index in [4.69, 9.17) is 4.52 Å². The van der Waals surface area contributed by atoms with E-state index in [1.807, 2.05) is 27.7 Å². The molecule has 0 saturated carbocycles. The monoisotopic (exact) mass is 295 g/mol. The van der Waals surface area contributed by atoms with Crippen LogP contribution in [0.25, 0.3) is 0 Å². The van der Waals surface area contributed by atoms with Crippen molar-refractivity contribution in [2.45, 2.75) is 40.5 Å². The van der Waals surface area contributed by atoms with Crippen molar-refractivity contribution in [1.29, 1.82) is 0 Å². The van der Waals surface area contributed by atoms with Crippen molar-refractivity contribution in [3.63, 3.8) is 0 Å². The third-order valence-corrected chi connectivity index (χ3v) is 3.46. The lowest BCUT2D eigenvalue weighted by Crippen LogP contribution is -2.41.